The summed E-state index contributed by atoms with van der Waals surface area (Å²) in [4.78, 5) is 12.7. The molecule has 0 radical (unpaired) electrons. The van der Waals surface area contributed by atoms with Crippen LogP contribution in [0.25, 0.3) is 0 Å². The molecule has 6 heteroatoms. The Hall–Kier alpha value is -1.63. The van der Waals surface area contributed by atoms with Crippen molar-refractivity contribution in [1.82, 2.24) is 4.90 Å². The molecular weight excluding hydrogens is 260 g/mol. The minimum atomic E-state index is -0.624. The Morgan fingerprint density at radius 1 is 1.40 bits per heavy atom. The molecule has 0 spiro atoms. The molecule has 1 rings (SSSR count). The standard InChI is InChI=1S/C14H22N2O4/c1-11(18)15-12-3-5-14(6-4-12)20-10-13(19)9-16(2)7-8-17/h3-6,13,17,19H,7-10H2,1-2H3,(H,15,18)/t13-/m0/s1. The lowest BCUT2D eigenvalue weighted by atomic mass is 10.3. The van der Waals surface area contributed by atoms with Gasteiger partial charge in [-0.05, 0) is 31.3 Å². The van der Waals surface area contributed by atoms with E-state index in [1.807, 2.05) is 11.9 Å². The van der Waals surface area contributed by atoms with Crippen molar-refractivity contribution in [3.63, 3.8) is 0 Å². The van der Waals surface area contributed by atoms with Crippen molar-refractivity contribution in [3.05, 3.63) is 24.3 Å². The number of ether oxygens (including phenoxy) is 1. The number of benzene rings is 1. The molecule has 0 bridgehead atoms. The minimum Gasteiger partial charge on any atom is -0.491 e. The highest BCUT2D eigenvalue weighted by Gasteiger charge is 2.08. The van der Waals surface area contributed by atoms with E-state index in [0.717, 1.165) is 0 Å². The molecule has 0 aliphatic carbocycles. The first-order valence-electron chi connectivity index (χ1n) is 6.49. The fourth-order valence-electron chi connectivity index (χ4n) is 1.70. The van der Waals surface area contributed by atoms with E-state index in [1.165, 1.54) is 6.92 Å². The van der Waals surface area contributed by atoms with Crippen LogP contribution < -0.4 is 10.1 Å². The number of aliphatic hydroxyl groups is 2. The predicted molar refractivity (Wildman–Crippen MR) is 76.8 cm³/mol. The van der Waals surface area contributed by atoms with Crippen LogP contribution in [0.2, 0.25) is 0 Å². The van der Waals surface area contributed by atoms with Crippen molar-refractivity contribution in [2.75, 3.05) is 38.7 Å². The number of carbonyl (C=O) groups excluding carboxylic acids is 1. The van der Waals surface area contributed by atoms with E-state index < -0.39 is 6.10 Å². The van der Waals surface area contributed by atoms with Crippen LogP contribution in [0.4, 0.5) is 5.69 Å². The largest absolute Gasteiger partial charge is 0.491 e. The average Bonchev–Trinajstić information content (AvgIpc) is 2.37. The van der Waals surface area contributed by atoms with Crippen LogP contribution >= 0.6 is 0 Å². The van der Waals surface area contributed by atoms with Crippen molar-refractivity contribution in [1.29, 1.82) is 0 Å². The highest BCUT2D eigenvalue weighted by molar-refractivity contribution is 5.88. The van der Waals surface area contributed by atoms with Gasteiger partial charge in [0.15, 0.2) is 0 Å². The number of nitrogens with zero attached hydrogens (tertiary/aromatic N) is 1. The second kappa shape index (κ2) is 8.52. The summed E-state index contributed by atoms with van der Waals surface area (Å²) in [6.45, 7) is 2.64. The van der Waals surface area contributed by atoms with Gasteiger partial charge < -0.3 is 25.2 Å². The maximum Gasteiger partial charge on any atom is 0.221 e. The van der Waals surface area contributed by atoms with E-state index in [2.05, 4.69) is 5.32 Å². The normalized spacial score (nSPS) is 12.2. The van der Waals surface area contributed by atoms with Crippen LogP contribution in [-0.2, 0) is 4.79 Å². The Morgan fingerprint density at radius 2 is 2.05 bits per heavy atom. The van der Waals surface area contributed by atoms with Crippen molar-refractivity contribution in [2.45, 2.75) is 13.0 Å². The summed E-state index contributed by atoms with van der Waals surface area (Å²) in [6.07, 6.45) is -0.624. The van der Waals surface area contributed by atoms with E-state index in [0.29, 0.717) is 24.5 Å². The summed E-state index contributed by atoms with van der Waals surface area (Å²) in [5.41, 5.74) is 0.702. The molecule has 6 nitrogen and oxygen atoms in total. The van der Waals surface area contributed by atoms with Gasteiger partial charge >= 0.3 is 0 Å². The Morgan fingerprint density at radius 3 is 2.60 bits per heavy atom. The molecule has 1 atom stereocenters. The molecule has 112 valence electrons. The third-order valence-corrected chi connectivity index (χ3v) is 2.62. The second-order valence-electron chi connectivity index (χ2n) is 4.66. The minimum absolute atomic E-state index is 0.0642. The molecule has 0 saturated carbocycles. The van der Waals surface area contributed by atoms with E-state index in [4.69, 9.17) is 9.84 Å². The number of carbonyl (C=O) groups is 1. The van der Waals surface area contributed by atoms with Crippen LogP contribution in [0.5, 0.6) is 5.75 Å². The molecule has 0 saturated heterocycles. The quantitative estimate of drug-likeness (QED) is 0.639. The molecule has 1 aromatic carbocycles. The molecule has 3 N–H and O–H groups in total. The summed E-state index contributed by atoms with van der Waals surface area (Å²) in [5.74, 6) is 0.504. The number of rotatable bonds is 8. The molecule has 0 heterocycles. The fraction of sp³-hybridized carbons (Fsp3) is 0.500. The van der Waals surface area contributed by atoms with Crippen LogP contribution in [0, 0.1) is 0 Å². The highest BCUT2D eigenvalue weighted by atomic mass is 16.5. The number of hydrogen-bond acceptors (Lipinski definition) is 5. The molecular formula is C14H22N2O4. The van der Waals surface area contributed by atoms with Gasteiger partial charge in [-0.25, -0.2) is 0 Å². The van der Waals surface area contributed by atoms with Crippen molar-refractivity contribution < 1.29 is 19.7 Å². The Bertz CT molecular complexity index is 408. The zero-order valence-corrected chi connectivity index (χ0v) is 11.9. The molecule has 0 aliphatic heterocycles. The summed E-state index contributed by atoms with van der Waals surface area (Å²) in [6, 6.07) is 6.94. The molecule has 1 amide bonds. The number of nitrogens with one attached hydrogen (secondary N) is 1. The van der Waals surface area contributed by atoms with Crippen molar-refractivity contribution in [2.24, 2.45) is 0 Å². The zero-order chi connectivity index (χ0) is 15.0. The van der Waals surface area contributed by atoms with Crippen molar-refractivity contribution in [3.8, 4) is 5.75 Å². The maximum absolute atomic E-state index is 10.9. The Kier molecular flexibility index (Phi) is 7.00. The summed E-state index contributed by atoms with van der Waals surface area (Å²) >= 11 is 0. The third kappa shape index (κ3) is 6.51. The first kappa shape index (κ1) is 16.4. The summed E-state index contributed by atoms with van der Waals surface area (Å²) in [5, 5.41) is 21.2. The maximum atomic E-state index is 10.9. The Labute approximate surface area is 119 Å². The van der Waals surface area contributed by atoms with Gasteiger partial charge in [-0.1, -0.05) is 0 Å². The molecule has 0 fully saturated rings. The monoisotopic (exact) mass is 282 g/mol. The fourth-order valence-corrected chi connectivity index (χ4v) is 1.70. The Balaban J connectivity index is 2.35. The van der Waals surface area contributed by atoms with Gasteiger partial charge in [0.2, 0.25) is 5.91 Å². The van der Waals surface area contributed by atoms with E-state index in [1.54, 1.807) is 24.3 Å². The van der Waals surface area contributed by atoms with Gasteiger partial charge in [-0.2, -0.15) is 0 Å². The molecule has 0 unspecified atom stereocenters. The van der Waals surface area contributed by atoms with E-state index >= 15 is 0 Å². The van der Waals surface area contributed by atoms with Gasteiger partial charge in [0.1, 0.15) is 18.5 Å². The van der Waals surface area contributed by atoms with Gasteiger partial charge in [0, 0.05) is 25.7 Å². The number of likely N-dealkylation sites (N-methyl/N-ethyl adjacent to an activating group) is 1. The number of anilines is 1. The molecule has 0 aromatic heterocycles. The first-order chi connectivity index (χ1) is 9.51. The lowest BCUT2D eigenvalue weighted by Crippen LogP contribution is -2.34. The van der Waals surface area contributed by atoms with Crippen LogP contribution in [0.15, 0.2) is 24.3 Å². The van der Waals surface area contributed by atoms with Gasteiger partial charge in [0.25, 0.3) is 0 Å². The second-order valence-corrected chi connectivity index (χ2v) is 4.66. The van der Waals surface area contributed by atoms with Gasteiger partial charge in [-0.3, -0.25) is 4.79 Å². The zero-order valence-electron chi connectivity index (χ0n) is 11.9. The summed E-state index contributed by atoms with van der Waals surface area (Å²) in [7, 11) is 1.82. The van der Waals surface area contributed by atoms with Crippen molar-refractivity contribution >= 4 is 11.6 Å². The number of amides is 1. The lowest BCUT2D eigenvalue weighted by molar-refractivity contribution is -0.114. The first-order valence-corrected chi connectivity index (χ1v) is 6.49. The molecule has 20 heavy (non-hydrogen) atoms. The SMILES string of the molecule is CC(=O)Nc1ccc(OC[C@@H](O)CN(C)CCO)cc1. The number of aliphatic hydroxyl groups excluding tert-OH is 2. The third-order valence-electron chi connectivity index (χ3n) is 2.62. The van der Waals surface area contributed by atoms with Gasteiger partial charge in [-0.15, -0.1) is 0 Å². The lowest BCUT2D eigenvalue weighted by Gasteiger charge is -2.19. The predicted octanol–water partition coefficient (Wildman–Crippen LogP) is 0.309. The number of hydrogen-bond donors (Lipinski definition) is 3. The molecule has 1 aromatic rings. The van der Waals surface area contributed by atoms with E-state index in [-0.39, 0.29) is 19.1 Å². The highest BCUT2D eigenvalue weighted by Crippen LogP contribution is 2.15. The average molecular weight is 282 g/mol. The smallest absolute Gasteiger partial charge is 0.221 e. The van der Waals surface area contributed by atoms with Gasteiger partial charge in [0.05, 0.1) is 6.61 Å². The van der Waals surface area contributed by atoms with Crippen LogP contribution in [-0.4, -0.2) is 60.5 Å². The molecule has 0 aliphatic rings. The van der Waals surface area contributed by atoms with E-state index in [9.17, 15) is 9.90 Å². The topological polar surface area (TPSA) is 82.0 Å². The van der Waals surface area contributed by atoms with Crippen LogP contribution in [0.1, 0.15) is 6.92 Å². The summed E-state index contributed by atoms with van der Waals surface area (Å²) < 4.78 is 5.45. The van der Waals surface area contributed by atoms with Crippen LogP contribution in [0.3, 0.4) is 0 Å².